The van der Waals surface area contributed by atoms with Crippen molar-refractivity contribution in [3.63, 3.8) is 0 Å². The van der Waals surface area contributed by atoms with Crippen molar-refractivity contribution in [1.29, 1.82) is 0 Å². The van der Waals surface area contributed by atoms with E-state index in [1.165, 1.54) is 0 Å². The van der Waals surface area contributed by atoms with Crippen LogP contribution in [-0.2, 0) is 6.54 Å². The van der Waals surface area contributed by atoms with Gasteiger partial charge in [0.15, 0.2) is 11.5 Å². The molecule has 0 radical (unpaired) electrons. The number of ether oxygens (including phenoxy) is 2. The predicted molar refractivity (Wildman–Crippen MR) is 72.6 cm³/mol. The molecule has 4 nitrogen and oxygen atoms in total. The molecule has 2 N–H and O–H groups in total. The first kappa shape index (κ1) is 15.1. The third-order valence-electron chi connectivity index (χ3n) is 2.47. The maximum absolute atomic E-state index is 8.70. The largest absolute Gasteiger partial charge is 0.493 e. The van der Waals surface area contributed by atoms with E-state index in [-0.39, 0.29) is 6.61 Å². The number of hydrogen-bond acceptors (Lipinski definition) is 4. The molecule has 102 valence electrons. The van der Waals surface area contributed by atoms with Crippen LogP contribution >= 0.6 is 11.6 Å². The lowest BCUT2D eigenvalue weighted by molar-refractivity contribution is 0.247. The van der Waals surface area contributed by atoms with Crippen LogP contribution in [0.15, 0.2) is 12.1 Å². The number of halogens is 1. The molecule has 0 aliphatic heterocycles. The van der Waals surface area contributed by atoms with Crippen LogP contribution < -0.4 is 14.8 Å². The lowest BCUT2D eigenvalue weighted by atomic mass is 10.2. The van der Waals surface area contributed by atoms with Gasteiger partial charge in [0.1, 0.15) is 0 Å². The molecule has 0 atom stereocenters. The molecule has 1 rings (SSSR count). The zero-order chi connectivity index (χ0) is 13.4. The van der Waals surface area contributed by atoms with Gasteiger partial charge in [-0.2, -0.15) is 0 Å². The Morgan fingerprint density at radius 1 is 1.33 bits per heavy atom. The van der Waals surface area contributed by atoms with Gasteiger partial charge in [-0.05, 0) is 37.6 Å². The van der Waals surface area contributed by atoms with Crippen LogP contribution in [0, 0.1) is 0 Å². The van der Waals surface area contributed by atoms with Crippen LogP contribution in [0.4, 0.5) is 0 Å². The van der Waals surface area contributed by atoms with Crippen LogP contribution in [0.1, 0.15) is 18.4 Å². The zero-order valence-corrected chi connectivity index (χ0v) is 11.6. The fourth-order valence-electron chi connectivity index (χ4n) is 1.61. The molecule has 0 unspecified atom stereocenters. The average Bonchev–Trinajstić information content (AvgIpc) is 2.36. The summed E-state index contributed by atoms with van der Waals surface area (Å²) in [6.07, 6.45) is 1.51. The van der Waals surface area contributed by atoms with E-state index < -0.39 is 0 Å². The first-order valence-electron chi connectivity index (χ1n) is 5.97. The van der Waals surface area contributed by atoms with E-state index in [0.717, 1.165) is 24.9 Å². The maximum Gasteiger partial charge on any atom is 0.179 e. The van der Waals surface area contributed by atoms with Gasteiger partial charge in [0.25, 0.3) is 0 Å². The van der Waals surface area contributed by atoms with Crippen molar-refractivity contribution in [2.24, 2.45) is 0 Å². The van der Waals surface area contributed by atoms with Gasteiger partial charge in [-0.25, -0.2) is 0 Å². The molecule has 0 aromatic heterocycles. The Morgan fingerprint density at radius 2 is 2.11 bits per heavy atom. The van der Waals surface area contributed by atoms with Crippen molar-refractivity contribution in [3.8, 4) is 11.5 Å². The van der Waals surface area contributed by atoms with E-state index in [1.807, 2.05) is 19.2 Å². The molecule has 1 aromatic rings. The van der Waals surface area contributed by atoms with Crippen LogP contribution in [-0.4, -0.2) is 32.5 Å². The quantitative estimate of drug-likeness (QED) is 0.713. The summed E-state index contributed by atoms with van der Waals surface area (Å²) in [5, 5.41) is 12.3. The molecular formula is C13H20ClNO3. The Labute approximate surface area is 113 Å². The first-order chi connectivity index (χ1) is 8.72. The SMILES string of the molecule is CNCc1cc(Cl)c(OCCCCO)c(OC)c1. The lowest BCUT2D eigenvalue weighted by Crippen LogP contribution is -2.06. The summed E-state index contributed by atoms with van der Waals surface area (Å²) in [7, 11) is 3.47. The standard InChI is InChI=1S/C13H20ClNO3/c1-15-9-10-7-11(14)13(12(8-10)17-2)18-6-4-3-5-16/h7-8,15-16H,3-6,9H2,1-2H3. The number of aliphatic hydroxyl groups is 1. The minimum atomic E-state index is 0.176. The zero-order valence-electron chi connectivity index (χ0n) is 10.8. The highest BCUT2D eigenvalue weighted by Crippen LogP contribution is 2.36. The molecule has 5 heteroatoms. The Balaban J connectivity index is 2.76. The second-order valence-electron chi connectivity index (χ2n) is 3.92. The maximum atomic E-state index is 8.70. The molecule has 1 aromatic carbocycles. The van der Waals surface area contributed by atoms with Crippen molar-refractivity contribution in [1.82, 2.24) is 5.32 Å². The molecular weight excluding hydrogens is 254 g/mol. The summed E-state index contributed by atoms with van der Waals surface area (Å²) in [6, 6.07) is 3.77. The number of rotatable bonds is 8. The Morgan fingerprint density at radius 3 is 2.72 bits per heavy atom. The summed E-state index contributed by atoms with van der Waals surface area (Å²) in [5.41, 5.74) is 1.04. The van der Waals surface area contributed by atoms with Gasteiger partial charge in [0, 0.05) is 13.2 Å². The highest BCUT2D eigenvalue weighted by Gasteiger charge is 2.11. The van der Waals surface area contributed by atoms with Crippen molar-refractivity contribution < 1.29 is 14.6 Å². The van der Waals surface area contributed by atoms with E-state index in [9.17, 15) is 0 Å². The third kappa shape index (κ3) is 4.37. The van der Waals surface area contributed by atoms with Crippen molar-refractivity contribution in [3.05, 3.63) is 22.7 Å². The predicted octanol–water partition coefficient (Wildman–Crippen LogP) is 2.22. The van der Waals surface area contributed by atoms with Gasteiger partial charge >= 0.3 is 0 Å². The average molecular weight is 274 g/mol. The number of hydrogen-bond donors (Lipinski definition) is 2. The van der Waals surface area contributed by atoms with Crippen LogP contribution in [0.2, 0.25) is 5.02 Å². The molecule has 0 aliphatic rings. The van der Waals surface area contributed by atoms with Crippen molar-refractivity contribution in [2.45, 2.75) is 19.4 Å². The van der Waals surface area contributed by atoms with Crippen molar-refractivity contribution >= 4 is 11.6 Å². The lowest BCUT2D eigenvalue weighted by Gasteiger charge is -2.14. The third-order valence-corrected chi connectivity index (χ3v) is 2.75. The van der Waals surface area contributed by atoms with Gasteiger partial charge in [0.2, 0.25) is 0 Å². The summed E-state index contributed by atoms with van der Waals surface area (Å²) in [5.74, 6) is 1.20. The Kier molecular flexibility index (Phi) is 6.86. The number of aliphatic hydroxyl groups excluding tert-OH is 1. The van der Waals surface area contributed by atoms with E-state index in [0.29, 0.717) is 23.1 Å². The molecule has 18 heavy (non-hydrogen) atoms. The Hall–Kier alpha value is -0.970. The molecule has 0 heterocycles. The highest BCUT2D eigenvalue weighted by molar-refractivity contribution is 6.32. The number of benzene rings is 1. The monoisotopic (exact) mass is 273 g/mol. The summed E-state index contributed by atoms with van der Waals surface area (Å²) < 4.78 is 10.9. The first-order valence-corrected chi connectivity index (χ1v) is 6.35. The topological polar surface area (TPSA) is 50.7 Å². The number of unbranched alkanes of at least 4 members (excludes halogenated alkanes) is 1. The summed E-state index contributed by atoms with van der Waals surface area (Å²) in [4.78, 5) is 0. The van der Waals surface area contributed by atoms with Gasteiger partial charge in [-0.1, -0.05) is 11.6 Å². The fourth-order valence-corrected chi connectivity index (χ4v) is 1.90. The molecule has 0 saturated heterocycles. The molecule has 0 aliphatic carbocycles. The van der Waals surface area contributed by atoms with Gasteiger partial charge in [-0.15, -0.1) is 0 Å². The smallest absolute Gasteiger partial charge is 0.179 e. The normalized spacial score (nSPS) is 10.4. The molecule has 0 bridgehead atoms. The van der Waals surface area contributed by atoms with Crippen LogP contribution in [0.25, 0.3) is 0 Å². The number of nitrogens with one attached hydrogen (secondary N) is 1. The second-order valence-corrected chi connectivity index (χ2v) is 4.33. The minimum Gasteiger partial charge on any atom is -0.493 e. The van der Waals surface area contributed by atoms with E-state index >= 15 is 0 Å². The minimum absolute atomic E-state index is 0.176. The van der Waals surface area contributed by atoms with Gasteiger partial charge in [0.05, 0.1) is 18.7 Å². The highest BCUT2D eigenvalue weighted by atomic mass is 35.5. The second kappa shape index (κ2) is 8.19. The molecule has 0 fully saturated rings. The molecule has 0 saturated carbocycles. The van der Waals surface area contributed by atoms with E-state index in [4.69, 9.17) is 26.2 Å². The molecule has 0 amide bonds. The van der Waals surface area contributed by atoms with Gasteiger partial charge < -0.3 is 19.9 Å². The van der Waals surface area contributed by atoms with Gasteiger partial charge in [-0.3, -0.25) is 0 Å². The summed E-state index contributed by atoms with van der Waals surface area (Å²) in [6.45, 7) is 1.41. The molecule has 0 spiro atoms. The Bertz CT molecular complexity index is 371. The van der Waals surface area contributed by atoms with Crippen LogP contribution in [0.3, 0.4) is 0 Å². The van der Waals surface area contributed by atoms with Crippen LogP contribution in [0.5, 0.6) is 11.5 Å². The summed E-state index contributed by atoms with van der Waals surface area (Å²) >= 11 is 6.18. The van der Waals surface area contributed by atoms with E-state index in [1.54, 1.807) is 7.11 Å². The number of methoxy groups -OCH3 is 1. The fraction of sp³-hybridized carbons (Fsp3) is 0.538. The van der Waals surface area contributed by atoms with Crippen molar-refractivity contribution in [2.75, 3.05) is 27.4 Å². The van der Waals surface area contributed by atoms with E-state index in [2.05, 4.69) is 5.32 Å².